The summed E-state index contributed by atoms with van der Waals surface area (Å²) < 4.78 is 0. The third-order valence-electron chi connectivity index (χ3n) is 8.59. The molecule has 0 bridgehead atoms. The van der Waals surface area contributed by atoms with E-state index in [0.717, 1.165) is 44.2 Å². The summed E-state index contributed by atoms with van der Waals surface area (Å²) in [5, 5.41) is 28.5. The van der Waals surface area contributed by atoms with Gasteiger partial charge in [0.05, 0.1) is 0 Å². The van der Waals surface area contributed by atoms with Crippen LogP contribution >= 0.6 is 0 Å². The molecule has 0 aliphatic rings. The highest BCUT2D eigenvalue weighted by molar-refractivity contribution is 5.99. The van der Waals surface area contributed by atoms with Gasteiger partial charge in [-0.05, 0) is 82.6 Å². The van der Waals surface area contributed by atoms with Crippen LogP contribution in [-0.4, -0.2) is 38.6 Å². The molecule has 242 valence electrons. The summed E-state index contributed by atoms with van der Waals surface area (Å²) in [6.45, 7) is 10.9. The molecule has 0 saturated heterocycles. The second-order valence-electron chi connectivity index (χ2n) is 13.9. The van der Waals surface area contributed by atoms with Crippen molar-refractivity contribution in [2.24, 2.45) is 5.41 Å². The van der Waals surface area contributed by atoms with Crippen molar-refractivity contribution in [2.45, 2.75) is 59.4 Å². The zero-order valence-corrected chi connectivity index (χ0v) is 27.8. The Labute approximate surface area is 276 Å². The summed E-state index contributed by atoms with van der Waals surface area (Å²) in [6, 6.07) is 39.6. The molecule has 7 nitrogen and oxygen atoms in total. The van der Waals surface area contributed by atoms with E-state index in [9.17, 15) is 19.8 Å². The van der Waals surface area contributed by atoms with Crippen LogP contribution in [0.5, 0.6) is 0 Å². The molecular weight excluding hydrogens is 586 g/mol. The first kappa shape index (κ1) is 33.2. The van der Waals surface area contributed by atoms with E-state index < -0.39 is 28.9 Å². The van der Waals surface area contributed by atoms with E-state index in [1.165, 1.54) is 10.5 Å². The average Bonchev–Trinajstić information content (AvgIpc) is 3.02. The zero-order valence-electron chi connectivity index (χ0n) is 27.8. The summed E-state index contributed by atoms with van der Waals surface area (Å²) in [7, 11) is 0. The second-order valence-corrected chi connectivity index (χ2v) is 13.9. The Hall–Kier alpha value is -5.14. The van der Waals surface area contributed by atoms with Crippen LogP contribution < -0.4 is 10.6 Å². The number of nitrogens with one attached hydrogen (secondary N) is 2. The molecule has 0 spiro atoms. The van der Waals surface area contributed by atoms with E-state index in [1.54, 1.807) is 20.8 Å². The number of hydrogen-bond donors (Lipinski definition) is 4. The van der Waals surface area contributed by atoms with E-state index >= 15 is 0 Å². The van der Waals surface area contributed by atoms with Gasteiger partial charge in [0.2, 0.25) is 0 Å². The molecule has 5 rings (SSSR count). The van der Waals surface area contributed by atoms with Crippen molar-refractivity contribution in [3.63, 3.8) is 0 Å². The van der Waals surface area contributed by atoms with Crippen LogP contribution in [0.1, 0.15) is 47.1 Å². The van der Waals surface area contributed by atoms with Gasteiger partial charge in [-0.25, -0.2) is 9.59 Å². The summed E-state index contributed by atoms with van der Waals surface area (Å²) in [4.78, 5) is 26.1. The molecule has 0 fully saturated rings. The summed E-state index contributed by atoms with van der Waals surface area (Å²) in [5.41, 5.74) is 5.69. The average molecular weight is 630 g/mol. The van der Waals surface area contributed by atoms with Crippen molar-refractivity contribution in [3.8, 4) is 33.4 Å². The van der Waals surface area contributed by atoms with Gasteiger partial charge in [-0.1, -0.05) is 124 Å². The molecule has 0 aliphatic heterocycles. The third kappa shape index (κ3) is 6.86. The van der Waals surface area contributed by atoms with Gasteiger partial charge >= 0.3 is 12.2 Å². The van der Waals surface area contributed by atoms with Gasteiger partial charge in [0.1, 0.15) is 0 Å². The van der Waals surface area contributed by atoms with Gasteiger partial charge in [0.25, 0.3) is 0 Å². The Morgan fingerprint density at radius 2 is 1.23 bits per heavy atom. The molecule has 0 aliphatic carbocycles. The fraction of sp³-hybridized carbons (Fsp3) is 0.250. The molecule has 0 heterocycles. The predicted molar refractivity (Wildman–Crippen MR) is 190 cm³/mol. The smallest absolute Gasteiger partial charge is 0.410 e. The first-order valence-electron chi connectivity index (χ1n) is 15.8. The largest absolute Gasteiger partial charge is 0.465 e. The van der Waals surface area contributed by atoms with E-state index in [0.29, 0.717) is 0 Å². The minimum Gasteiger partial charge on any atom is -0.465 e. The van der Waals surface area contributed by atoms with Crippen molar-refractivity contribution in [1.29, 1.82) is 0 Å². The number of benzene rings is 5. The number of nitrogens with zero attached hydrogens (tertiary/aromatic N) is 1. The van der Waals surface area contributed by atoms with Crippen molar-refractivity contribution >= 4 is 23.0 Å². The van der Waals surface area contributed by atoms with Gasteiger partial charge in [-0.2, -0.15) is 0 Å². The summed E-state index contributed by atoms with van der Waals surface area (Å²) in [6.07, 6.45) is -2.56. The van der Waals surface area contributed by atoms with Crippen LogP contribution in [0.3, 0.4) is 0 Å². The first-order chi connectivity index (χ1) is 22.2. The van der Waals surface area contributed by atoms with E-state index in [-0.39, 0.29) is 6.54 Å². The first-order valence-corrected chi connectivity index (χ1v) is 15.8. The lowest BCUT2D eigenvalue weighted by Crippen LogP contribution is -2.78. The summed E-state index contributed by atoms with van der Waals surface area (Å²) >= 11 is 0. The molecule has 0 radical (unpaired) electrons. The van der Waals surface area contributed by atoms with Crippen LogP contribution in [0.4, 0.5) is 9.59 Å². The molecule has 4 N–H and O–H groups in total. The number of hydrogen-bond acceptors (Lipinski definition) is 3. The molecule has 7 heteroatoms. The SMILES string of the molecule is CC(C)(C)N(C(=O)O)C(NCc1ccccc1-c1ccc2c(-c3cccc(-c4ccccc4)c3)cccc2c1)(NC(=O)O)C(C)(C)C. The monoisotopic (exact) mass is 629 g/mol. The van der Waals surface area contributed by atoms with E-state index in [1.807, 2.05) is 63.2 Å². The normalized spacial score (nSPS) is 13.1. The molecule has 47 heavy (non-hydrogen) atoms. The lowest BCUT2D eigenvalue weighted by Gasteiger charge is -2.55. The summed E-state index contributed by atoms with van der Waals surface area (Å²) in [5.74, 6) is -1.65. The number of fused-ring (bicyclic) bond motifs is 1. The second kappa shape index (κ2) is 12.9. The molecule has 1 atom stereocenters. The minimum absolute atomic E-state index is 0.206. The molecule has 1 unspecified atom stereocenters. The van der Waals surface area contributed by atoms with Crippen molar-refractivity contribution < 1.29 is 19.8 Å². The van der Waals surface area contributed by atoms with Crippen LogP contribution in [0.15, 0.2) is 115 Å². The van der Waals surface area contributed by atoms with Crippen molar-refractivity contribution in [2.75, 3.05) is 0 Å². The highest BCUT2D eigenvalue weighted by atomic mass is 16.4. The van der Waals surface area contributed by atoms with Gasteiger partial charge in [0, 0.05) is 17.5 Å². The van der Waals surface area contributed by atoms with Crippen molar-refractivity contribution in [1.82, 2.24) is 15.5 Å². The van der Waals surface area contributed by atoms with Gasteiger partial charge in [-0.15, -0.1) is 0 Å². The Balaban J connectivity index is 1.54. The third-order valence-corrected chi connectivity index (χ3v) is 8.59. The van der Waals surface area contributed by atoms with E-state index in [2.05, 4.69) is 83.4 Å². The molecule has 2 amide bonds. The Morgan fingerprint density at radius 1 is 0.638 bits per heavy atom. The predicted octanol–water partition coefficient (Wildman–Crippen LogP) is 9.68. The quantitative estimate of drug-likeness (QED) is 0.128. The maximum absolute atomic E-state index is 12.7. The molecule has 0 saturated carbocycles. The van der Waals surface area contributed by atoms with Crippen LogP contribution in [0.2, 0.25) is 0 Å². The molecule has 5 aromatic carbocycles. The van der Waals surface area contributed by atoms with Crippen molar-refractivity contribution in [3.05, 3.63) is 121 Å². The zero-order chi connectivity index (χ0) is 34.0. The number of rotatable bonds is 8. The lowest BCUT2D eigenvalue weighted by atomic mass is 9.82. The Kier molecular flexibility index (Phi) is 9.14. The maximum Gasteiger partial charge on any atom is 0.410 e. The van der Waals surface area contributed by atoms with E-state index in [4.69, 9.17) is 0 Å². The van der Waals surface area contributed by atoms with Crippen LogP contribution in [-0.2, 0) is 6.54 Å². The molecular formula is C40H43N3O4. The van der Waals surface area contributed by atoms with Gasteiger partial charge in [0.15, 0.2) is 5.79 Å². The van der Waals surface area contributed by atoms with Gasteiger partial charge in [-0.3, -0.25) is 15.5 Å². The Morgan fingerprint density at radius 3 is 1.89 bits per heavy atom. The number of amides is 2. The lowest BCUT2D eigenvalue weighted by molar-refractivity contribution is -0.0858. The van der Waals surface area contributed by atoms with Crippen LogP contribution in [0.25, 0.3) is 44.2 Å². The van der Waals surface area contributed by atoms with Gasteiger partial charge < -0.3 is 10.2 Å². The highest BCUT2D eigenvalue weighted by Gasteiger charge is 2.54. The number of carboxylic acid groups (broad SMARTS) is 2. The minimum atomic E-state index is -1.65. The molecule has 0 aromatic heterocycles. The highest BCUT2D eigenvalue weighted by Crippen LogP contribution is 2.38. The fourth-order valence-electron chi connectivity index (χ4n) is 6.43. The molecule has 5 aromatic rings. The fourth-order valence-corrected chi connectivity index (χ4v) is 6.43. The number of carbonyl (C=O) groups is 2. The van der Waals surface area contributed by atoms with Crippen LogP contribution in [0, 0.1) is 5.41 Å². The maximum atomic E-state index is 12.7. The topological polar surface area (TPSA) is 102 Å². The Bertz CT molecular complexity index is 1910. The standard InChI is InChI=1S/C40H43N3O4/c1-38(2,3)40(42-36(44)45,43(37(46)47)39(4,5)6)41-26-32-16-10-11-20-33(32)31-22-23-35-30(25-31)19-13-21-34(35)29-18-12-17-28(24-29)27-14-8-7-9-15-27/h7-25,41-42H,26H2,1-6H3,(H,44,45)(H,46,47).